The number of thiazole rings is 1. The van der Waals surface area contributed by atoms with Crippen LogP contribution in [0.2, 0.25) is 0 Å². The molecule has 4 heterocycles. The van der Waals surface area contributed by atoms with Crippen molar-refractivity contribution in [2.75, 3.05) is 19.0 Å². The molecule has 4 aromatic rings. The Labute approximate surface area is 160 Å². The number of methoxy groups -OCH3 is 1. The maximum atomic E-state index is 5.47. The van der Waals surface area contributed by atoms with Crippen LogP contribution in [0.1, 0.15) is 6.92 Å². The first-order chi connectivity index (χ1) is 13.3. The zero-order valence-electron chi connectivity index (χ0n) is 14.8. The summed E-state index contributed by atoms with van der Waals surface area (Å²) in [5.41, 5.74) is 3.37. The predicted octanol–water partition coefficient (Wildman–Crippen LogP) is 4.30. The topological polar surface area (TPSA) is 82.1 Å². The van der Waals surface area contributed by atoms with Crippen LogP contribution in [0.5, 0.6) is 11.6 Å². The third-order valence-corrected chi connectivity index (χ3v) is 4.66. The lowest BCUT2D eigenvalue weighted by molar-refractivity contribution is 0.298. The Morgan fingerprint density at radius 2 is 2.07 bits per heavy atom. The van der Waals surface area contributed by atoms with E-state index in [9.17, 15) is 0 Å². The van der Waals surface area contributed by atoms with Gasteiger partial charge >= 0.3 is 0 Å². The summed E-state index contributed by atoms with van der Waals surface area (Å²) in [5, 5.41) is 4.02. The highest BCUT2D eigenvalue weighted by atomic mass is 32.1. The average Bonchev–Trinajstić information content (AvgIpc) is 3.10. The fourth-order valence-corrected chi connectivity index (χ4v) is 3.41. The molecule has 0 aliphatic rings. The molecule has 27 heavy (non-hydrogen) atoms. The Bertz CT molecular complexity index is 1070. The number of pyridine rings is 3. The third kappa shape index (κ3) is 3.65. The number of nitrogens with one attached hydrogen (secondary N) is 1. The van der Waals surface area contributed by atoms with Crippen LogP contribution >= 0.6 is 11.3 Å². The van der Waals surface area contributed by atoms with Crippen LogP contribution in [0.4, 0.5) is 10.8 Å². The van der Waals surface area contributed by atoms with Crippen molar-refractivity contribution in [1.82, 2.24) is 19.9 Å². The first kappa shape index (κ1) is 17.2. The van der Waals surface area contributed by atoms with Gasteiger partial charge < -0.3 is 14.8 Å². The summed E-state index contributed by atoms with van der Waals surface area (Å²) in [6, 6.07) is 9.56. The van der Waals surface area contributed by atoms with Crippen molar-refractivity contribution in [2.24, 2.45) is 0 Å². The number of hydrogen-bond acceptors (Lipinski definition) is 8. The number of anilines is 2. The van der Waals surface area contributed by atoms with Crippen molar-refractivity contribution in [3.63, 3.8) is 0 Å². The van der Waals surface area contributed by atoms with E-state index in [4.69, 9.17) is 14.5 Å². The number of nitrogens with zero attached hydrogens (tertiary/aromatic N) is 4. The molecule has 0 bridgehead atoms. The molecule has 0 aromatic carbocycles. The Balaban J connectivity index is 1.65. The SMILES string of the molecule is CCOc1ncc(-c2ccc3nc(Nc4cccnc4)sc3n2)cc1OC. The van der Waals surface area contributed by atoms with E-state index in [0.717, 1.165) is 32.4 Å². The Kier molecular flexibility index (Phi) is 4.80. The molecule has 0 fully saturated rings. The molecule has 0 unspecified atom stereocenters. The fraction of sp³-hybridized carbons (Fsp3) is 0.158. The van der Waals surface area contributed by atoms with Crippen molar-refractivity contribution in [3.8, 4) is 22.9 Å². The molecule has 0 aliphatic carbocycles. The van der Waals surface area contributed by atoms with Crippen molar-refractivity contribution in [3.05, 3.63) is 48.9 Å². The molecule has 0 radical (unpaired) electrons. The Morgan fingerprint density at radius 3 is 2.85 bits per heavy atom. The van der Waals surface area contributed by atoms with Gasteiger partial charge in [0.05, 0.1) is 31.3 Å². The van der Waals surface area contributed by atoms with Gasteiger partial charge in [-0.2, -0.15) is 0 Å². The summed E-state index contributed by atoms with van der Waals surface area (Å²) in [5.74, 6) is 1.06. The molecule has 0 saturated heterocycles. The van der Waals surface area contributed by atoms with Crippen molar-refractivity contribution < 1.29 is 9.47 Å². The van der Waals surface area contributed by atoms with Gasteiger partial charge in [-0.05, 0) is 37.3 Å². The third-order valence-electron chi connectivity index (χ3n) is 3.78. The quantitative estimate of drug-likeness (QED) is 0.535. The number of rotatable bonds is 6. The van der Waals surface area contributed by atoms with Crippen LogP contribution < -0.4 is 14.8 Å². The highest BCUT2D eigenvalue weighted by molar-refractivity contribution is 7.21. The molecule has 136 valence electrons. The fourth-order valence-electron chi connectivity index (χ4n) is 2.55. The van der Waals surface area contributed by atoms with E-state index in [1.54, 1.807) is 25.7 Å². The Morgan fingerprint density at radius 1 is 1.15 bits per heavy atom. The summed E-state index contributed by atoms with van der Waals surface area (Å²) in [6.07, 6.45) is 5.22. The minimum atomic E-state index is 0.477. The molecule has 0 spiro atoms. The maximum Gasteiger partial charge on any atom is 0.256 e. The van der Waals surface area contributed by atoms with Gasteiger partial charge in [-0.15, -0.1) is 0 Å². The zero-order chi connectivity index (χ0) is 18.6. The summed E-state index contributed by atoms with van der Waals surface area (Å²) in [7, 11) is 1.60. The highest BCUT2D eigenvalue weighted by Crippen LogP contribution is 2.32. The molecule has 1 N–H and O–H groups in total. The monoisotopic (exact) mass is 379 g/mol. The molecule has 0 amide bonds. The van der Waals surface area contributed by atoms with Crippen molar-refractivity contribution >= 4 is 32.5 Å². The molecule has 0 saturated carbocycles. The van der Waals surface area contributed by atoms with Crippen LogP contribution in [0, 0.1) is 0 Å². The molecule has 8 heteroatoms. The number of aromatic nitrogens is 4. The van der Waals surface area contributed by atoms with Gasteiger partial charge in [0.2, 0.25) is 0 Å². The van der Waals surface area contributed by atoms with Crippen LogP contribution in [0.15, 0.2) is 48.9 Å². The first-order valence-corrected chi connectivity index (χ1v) is 9.20. The summed E-state index contributed by atoms with van der Waals surface area (Å²) in [6.45, 7) is 2.44. The predicted molar refractivity (Wildman–Crippen MR) is 106 cm³/mol. The van der Waals surface area contributed by atoms with E-state index in [2.05, 4.69) is 20.3 Å². The van der Waals surface area contributed by atoms with Gasteiger partial charge in [0.15, 0.2) is 10.9 Å². The second kappa shape index (κ2) is 7.55. The van der Waals surface area contributed by atoms with E-state index in [-0.39, 0.29) is 0 Å². The van der Waals surface area contributed by atoms with Crippen LogP contribution in [0.25, 0.3) is 21.6 Å². The lowest BCUT2D eigenvalue weighted by Gasteiger charge is -2.09. The number of fused-ring (bicyclic) bond motifs is 1. The molecule has 4 rings (SSSR count). The van der Waals surface area contributed by atoms with Gasteiger partial charge in [-0.3, -0.25) is 4.98 Å². The van der Waals surface area contributed by atoms with Gasteiger partial charge in [0.1, 0.15) is 10.3 Å². The van der Waals surface area contributed by atoms with Gasteiger partial charge in [-0.1, -0.05) is 11.3 Å². The van der Waals surface area contributed by atoms with E-state index in [0.29, 0.717) is 18.2 Å². The summed E-state index contributed by atoms with van der Waals surface area (Å²) in [4.78, 5) is 18.6. The molecular weight excluding hydrogens is 362 g/mol. The molecule has 7 nitrogen and oxygen atoms in total. The van der Waals surface area contributed by atoms with Gasteiger partial charge in [-0.25, -0.2) is 15.0 Å². The highest BCUT2D eigenvalue weighted by Gasteiger charge is 2.12. The van der Waals surface area contributed by atoms with E-state index < -0.39 is 0 Å². The van der Waals surface area contributed by atoms with Gasteiger partial charge in [0.25, 0.3) is 5.88 Å². The van der Waals surface area contributed by atoms with Crippen molar-refractivity contribution in [1.29, 1.82) is 0 Å². The summed E-state index contributed by atoms with van der Waals surface area (Å²) < 4.78 is 10.8. The van der Waals surface area contributed by atoms with Crippen LogP contribution in [-0.2, 0) is 0 Å². The van der Waals surface area contributed by atoms with Crippen LogP contribution in [-0.4, -0.2) is 33.7 Å². The average molecular weight is 379 g/mol. The lowest BCUT2D eigenvalue weighted by Crippen LogP contribution is -1.98. The molecule has 0 aliphatic heterocycles. The maximum absolute atomic E-state index is 5.47. The smallest absolute Gasteiger partial charge is 0.256 e. The molecule has 4 aromatic heterocycles. The zero-order valence-corrected chi connectivity index (χ0v) is 15.7. The standard InChI is InChI=1S/C19H17N5O2S/c1-3-26-17-16(25-2)9-12(10-21-17)14-6-7-15-18(23-14)27-19(24-15)22-13-5-4-8-20-11-13/h4-11H,3H2,1-2H3,(H,22,24). The van der Waals surface area contributed by atoms with Crippen LogP contribution in [0.3, 0.4) is 0 Å². The summed E-state index contributed by atoms with van der Waals surface area (Å²) >= 11 is 1.48. The largest absolute Gasteiger partial charge is 0.491 e. The van der Waals surface area contributed by atoms with Crippen molar-refractivity contribution in [2.45, 2.75) is 6.92 Å². The lowest BCUT2D eigenvalue weighted by atomic mass is 10.2. The van der Waals surface area contributed by atoms with E-state index in [1.807, 2.05) is 37.3 Å². The van der Waals surface area contributed by atoms with Gasteiger partial charge in [0, 0.05) is 18.0 Å². The second-order valence-corrected chi connectivity index (χ2v) is 6.55. The normalized spacial score (nSPS) is 10.7. The second-order valence-electron chi connectivity index (χ2n) is 5.57. The number of ether oxygens (including phenoxy) is 2. The Hall–Kier alpha value is -3.26. The number of hydrogen-bond donors (Lipinski definition) is 1. The van der Waals surface area contributed by atoms with E-state index in [1.165, 1.54) is 11.3 Å². The first-order valence-electron chi connectivity index (χ1n) is 8.38. The minimum Gasteiger partial charge on any atom is -0.491 e. The molecular formula is C19H17N5O2S. The minimum absolute atomic E-state index is 0.477. The molecule has 0 atom stereocenters. The van der Waals surface area contributed by atoms with E-state index >= 15 is 0 Å².